The molecule has 3 rings (SSSR count). The predicted octanol–water partition coefficient (Wildman–Crippen LogP) is 3.11. The number of likely N-dealkylation sites (tertiary alicyclic amines) is 1. The van der Waals surface area contributed by atoms with Crippen molar-refractivity contribution in [2.45, 2.75) is 82.9 Å². The van der Waals surface area contributed by atoms with Gasteiger partial charge in [-0.2, -0.15) is 0 Å². The van der Waals surface area contributed by atoms with Crippen LogP contribution in [0, 0.1) is 0 Å². The molecule has 28 heavy (non-hydrogen) atoms. The largest absolute Gasteiger partial charge is 0.444 e. The van der Waals surface area contributed by atoms with Gasteiger partial charge in [0.1, 0.15) is 11.6 Å². The quantitative estimate of drug-likeness (QED) is 0.714. The van der Waals surface area contributed by atoms with Crippen molar-refractivity contribution >= 4 is 12.0 Å². The Kier molecular flexibility index (Phi) is 6.17. The summed E-state index contributed by atoms with van der Waals surface area (Å²) in [5.41, 5.74) is -0.588. The molecule has 0 aromatic carbocycles. The number of amides is 2. The van der Waals surface area contributed by atoms with Gasteiger partial charge in [0.2, 0.25) is 11.8 Å². The van der Waals surface area contributed by atoms with Crippen LogP contribution in [0.5, 0.6) is 0 Å². The molecule has 8 heteroatoms. The Labute approximate surface area is 166 Å². The van der Waals surface area contributed by atoms with E-state index in [1.165, 1.54) is 0 Å². The fraction of sp³-hybridized carbons (Fsp3) is 0.900. The van der Waals surface area contributed by atoms with E-state index in [4.69, 9.17) is 4.74 Å². The number of piperazine rings is 1. The third kappa shape index (κ3) is 5.13. The van der Waals surface area contributed by atoms with Gasteiger partial charge in [-0.1, -0.05) is 0 Å². The molecule has 1 saturated carbocycles. The second-order valence-corrected chi connectivity index (χ2v) is 9.28. The van der Waals surface area contributed by atoms with Crippen LogP contribution in [0.25, 0.3) is 0 Å². The molecule has 2 amide bonds. The third-order valence-corrected chi connectivity index (χ3v) is 5.99. The first-order valence-electron chi connectivity index (χ1n) is 10.5. The molecule has 3 aliphatic rings. The van der Waals surface area contributed by atoms with Gasteiger partial charge >= 0.3 is 6.09 Å². The highest BCUT2D eigenvalue weighted by Gasteiger charge is 2.41. The topological polar surface area (TPSA) is 53.1 Å². The van der Waals surface area contributed by atoms with Crippen molar-refractivity contribution in [3.63, 3.8) is 0 Å². The number of hydrogen-bond acceptors (Lipinski definition) is 4. The molecule has 0 aromatic rings. The third-order valence-electron chi connectivity index (χ3n) is 5.99. The maximum Gasteiger partial charge on any atom is 0.410 e. The second-order valence-electron chi connectivity index (χ2n) is 9.28. The van der Waals surface area contributed by atoms with Gasteiger partial charge < -0.3 is 9.64 Å². The standard InChI is InChI=1S/C20H33F2N3O3/c1-19(2,3)28-18(27)25-10-4-5-16(25)17(26)24-13-11-23(12-14-24)15-6-8-20(21,22)9-7-15/h15-16H,4-14H2,1-3H3/t16-/m0/s1. The maximum atomic E-state index is 13.4. The van der Waals surface area contributed by atoms with Crippen molar-refractivity contribution in [2.24, 2.45) is 0 Å². The van der Waals surface area contributed by atoms with Gasteiger partial charge in [0.25, 0.3) is 0 Å². The van der Waals surface area contributed by atoms with Gasteiger partial charge in [-0.15, -0.1) is 0 Å². The highest BCUT2D eigenvalue weighted by atomic mass is 19.3. The van der Waals surface area contributed by atoms with Crippen LogP contribution >= 0.6 is 0 Å². The number of carbonyl (C=O) groups is 2. The number of rotatable bonds is 2. The molecule has 0 unspecified atom stereocenters. The fourth-order valence-electron chi connectivity index (χ4n) is 4.47. The minimum atomic E-state index is -2.51. The highest BCUT2D eigenvalue weighted by Crippen LogP contribution is 2.35. The number of hydrogen-bond donors (Lipinski definition) is 0. The van der Waals surface area contributed by atoms with Gasteiger partial charge in [0.05, 0.1) is 0 Å². The summed E-state index contributed by atoms with van der Waals surface area (Å²) in [4.78, 5) is 31.1. The van der Waals surface area contributed by atoms with Crippen molar-refractivity contribution in [2.75, 3.05) is 32.7 Å². The van der Waals surface area contributed by atoms with E-state index in [1.807, 2.05) is 25.7 Å². The summed E-state index contributed by atoms with van der Waals surface area (Å²) in [5, 5.41) is 0. The Hall–Kier alpha value is -1.44. The zero-order valence-electron chi connectivity index (χ0n) is 17.3. The number of carbonyl (C=O) groups excluding carboxylic acids is 2. The van der Waals surface area contributed by atoms with E-state index >= 15 is 0 Å². The molecule has 2 saturated heterocycles. The van der Waals surface area contributed by atoms with E-state index in [-0.39, 0.29) is 24.8 Å². The van der Waals surface area contributed by atoms with Crippen LogP contribution < -0.4 is 0 Å². The first-order chi connectivity index (χ1) is 13.1. The zero-order chi connectivity index (χ0) is 20.5. The van der Waals surface area contributed by atoms with Crippen LogP contribution in [-0.2, 0) is 9.53 Å². The number of halogens is 2. The summed E-state index contributed by atoms with van der Waals surface area (Å²) in [7, 11) is 0. The summed E-state index contributed by atoms with van der Waals surface area (Å²) in [5.74, 6) is -2.53. The molecular formula is C20H33F2N3O3. The van der Waals surface area contributed by atoms with E-state index in [0.29, 0.717) is 52.0 Å². The van der Waals surface area contributed by atoms with E-state index in [1.54, 1.807) is 4.90 Å². The molecule has 0 bridgehead atoms. The van der Waals surface area contributed by atoms with E-state index < -0.39 is 23.7 Å². The molecule has 0 N–H and O–H groups in total. The monoisotopic (exact) mass is 401 g/mol. The Morgan fingerprint density at radius 3 is 2.14 bits per heavy atom. The highest BCUT2D eigenvalue weighted by molar-refractivity contribution is 5.86. The van der Waals surface area contributed by atoms with Crippen LogP contribution in [0.2, 0.25) is 0 Å². The lowest BCUT2D eigenvalue weighted by molar-refractivity contribution is -0.138. The number of nitrogens with zero attached hydrogens (tertiary/aromatic N) is 3. The van der Waals surface area contributed by atoms with Gasteiger partial charge in [-0.25, -0.2) is 13.6 Å². The van der Waals surface area contributed by atoms with Gasteiger partial charge in [-0.05, 0) is 46.5 Å². The van der Waals surface area contributed by atoms with Gasteiger partial charge in [-0.3, -0.25) is 14.6 Å². The minimum Gasteiger partial charge on any atom is -0.444 e. The van der Waals surface area contributed by atoms with Gasteiger partial charge in [0.15, 0.2) is 0 Å². The summed E-state index contributed by atoms with van der Waals surface area (Å²) < 4.78 is 32.2. The first kappa shape index (κ1) is 21.3. The summed E-state index contributed by atoms with van der Waals surface area (Å²) in [6.07, 6.45) is 2.01. The van der Waals surface area contributed by atoms with Crippen LogP contribution in [0.15, 0.2) is 0 Å². The first-order valence-corrected chi connectivity index (χ1v) is 10.5. The summed E-state index contributed by atoms with van der Waals surface area (Å²) in [6.45, 7) is 8.59. The van der Waals surface area contributed by atoms with Crippen LogP contribution in [0.4, 0.5) is 13.6 Å². The van der Waals surface area contributed by atoms with E-state index in [0.717, 1.165) is 6.42 Å². The SMILES string of the molecule is CC(C)(C)OC(=O)N1CCC[C@H]1C(=O)N1CCN(C2CCC(F)(F)CC2)CC1. The second kappa shape index (κ2) is 8.13. The molecule has 3 fully saturated rings. The maximum absolute atomic E-state index is 13.4. The molecular weight excluding hydrogens is 368 g/mol. The van der Waals surface area contributed by atoms with Crippen molar-refractivity contribution in [3.05, 3.63) is 0 Å². The Balaban J connectivity index is 1.51. The van der Waals surface area contributed by atoms with Gasteiger partial charge in [0, 0.05) is 51.6 Å². The number of alkyl halides is 2. The van der Waals surface area contributed by atoms with E-state index in [2.05, 4.69) is 4.90 Å². The molecule has 1 atom stereocenters. The minimum absolute atomic E-state index is 0.0156. The average Bonchev–Trinajstić information content (AvgIpc) is 3.10. The van der Waals surface area contributed by atoms with Crippen LogP contribution in [0.1, 0.15) is 59.3 Å². The predicted molar refractivity (Wildman–Crippen MR) is 101 cm³/mol. The lowest BCUT2D eigenvalue weighted by Crippen LogP contribution is -2.56. The lowest BCUT2D eigenvalue weighted by Gasteiger charge is -2.42. The van der Waals surface area contributed by atoms with Crippen molar-refractivity contribution in [1.82, 2.24) is 14.7 Å². The molecule has 6 nitrogen and oxygen atoms in total. The average molecular weight is 401 g/mol. The van der Waals surface area contributed by atoms with Crippen molar-refractivity contribution < 1.29 is 23.1 Å². The van der Waals surface area contributed by atoms with Crippen LogP contribution in [-0.4, -0.2) is 83.0 Å². The Bertz CT molecular complexity index is 576. The van der Waals surface area contributed by atoms with Crippen molar-refractivity contribution in [3.8, 4) is 0 Å². The summed E-state index contributed by atoms with van der Waals surface area (Å²) in [6, 6.07) is -0.253. The Morgan fingerprint density at radius 1 is 0.964 bits per heavy atom. The van der Waals surface area contributed by atoms with E-state index in [9.17, 15) is 18.4 Å². The van der Waals surface area contributed by atoms with Crippen LogP contribution in [0.3, 0.4) is 0 Å². The zero-order valence-corrected chi connectivity index (χ0v) is 17.3. The molecule has 2 aliphatic heterocycles. The number of ether oxygens (including phenoxy) is 1. The fourth-order valence-corrected chi connectivity index (χ4v) is 4.47. The molecule has 2 heterocycles. The molecule has 0 radical (unpaired) electrons. The lowest BCUT2D eigenvalue weighted by atomic mass is 9.91. The normalized spacial score (nSPS) is 27.1. The van der Waals surface area contributed by atoms with Crippen molar-refractivity contribution in [1.29, 1.82) is 0 Å². The molecule has 0 aromatic heterocycles. The Morgan fingerprint density at radius 2 is 1.57 bits per heavy atom. The molecule has 1 aliphatic carbocycles. The molecule has 0 spiro atoms. The molecule has 160 valence electrons. The smallest absolute Gasteiger partial charge is 0.410 e. The summed E-state index contributed by atoms with van der Waals surface area (Å²) >= 11 is 0.